The number of pyridine rings is 1. The monoisotopic (exact) mass is 405 g/mol. The number of nitrogens with one attached hydrogen (secondary N) is 2. The summed E-state index contributed by atoms with van der Waals surface area (Å²) in [5.74, 6) is 1.80. The van der Waals surface area contributed by atoms with E-state index in [1.165, 1.54) is 0 Å². The van der Waals surface area contributed by atoms with Crippen molar-refractivity contribution in [3.63, 3.8) is 0 Å². The highest BCUT2D eigenvalue weighted by molar-refractivity contribution is 14.0. The van der Waals surface area contributed by atoms with Gasteiger partial charge in [-0.05, 0) is 32.4 Å². The third-order valence-electron chi connectivity index (χ3n) is 2.99. The molecule has 0 aliphatic heterocycles. The van der Waals surface area contributed by atoms with Crippen molar-refractivity contribution in [3.05, 3.63) is 23.9 Å². The zero-order chi connectivity index (χ0) is 15.0. The number of halogens is 1. The van der Waals surface area contributed by atoms with Crippen molar-refractivity contribution in [3.8, 4) is 0 Å². The van der Waals surface area contributed by atoms with Gasteiger partial charge < -0.3 is 15.5 Å². The van der Waals surface area contributed by atoms with E-state index in [2.05, 4.69) is 41.4 Å². The maximum Gasteiger partial charge on any atom is 0.191 e. The molecule has 0 saturated carbocycles. The maximum absolute atomic E-state index is 4.59. The number of rotatable bonds is 6. The third-order valence-corrected chi connectivity index (χ3v) is 2.99. The Kier molecular flexibility index (Phi) is 10.1. The molecule has 1 rings (SSSR count). The molecule has 2 N–H and O–H groups in total. The summed E-state index contributed by atoms with van der Waals surface area (Å²) in [6, 6.07) is 6.43. The maximum atomic E-state index is 4.59. The van der Waals surface area contributed by atoms with E-state index < -0.39 is 0 Å². The molecule has 0 fully saturated rings. The number of aliphatic imine (C=N–C) groups is 1. The lowest BCUT2D eigenvalue weighted by Gasteiger charge is -2.16. The molecule has 1 aromatic heterocycles. The summed E-state index contributed by atoms with van der Waals surface area (Å²) in [5, 5.41) is 6.63. The summed E-state index contributed by atoms with van der Waals surface area (Å²) in [4.78, 5) is 11.1. The van der Waals surface area contributed by atoms with Gasteiger partial charge in [0.25, 0.3) is 0 Å². The summed E-state index contributed by atoms with van der Waals surface area (Å²) in [6.07, 6.45) is 1.07. The number of nitrogens with zero attached hydrogens (tertiary/aromatic N) is 3. The van der Waals surface area contributed by atoms with E-state index in [0.29, 0.717) is 12.6 Å². The van der Waals surface area contributed by atoms with E-state index >= 15 is 0 Å². The minimum Gasteiger partial charge on any atom is -0.363 e. The van der Waals surface area contributed by atoms with Crippen molar-refractivity contribution < 1.29 is 0 Å². The molecule has 0 aromatic carbocycles. The average Bonchev–Trinajstić information content (AvgIpc) is 2.45. The highest BCUT2D eigenvalue weighted by Gasteiger charge is 2.03. The van der Waals surface area contributed by atoms with Crippen LogP contribution < -0.4 is 15.5 Å². The molecule has 1 aromatic rings. The van der Waals surface area contributed by atoms with Gasteiger partial charge in [-0.15, -0.1) is 24.0 Å². The molecular weight excluding hydrogens is 377 g/mol. The van der Waals surface area contributed by atoms with Gasteiger partial charge in [-0.25, -0.2) is 9.98 Å². The van der Waals surface area contributed by atoms with Gasteiger partial charge in [0.05, 0.1) is 12.2 Å². The first-order chi connectivity index (χ1) is 9.56. The molecule has 6 heteroatoms. The zero-order valence-electron chi connectivity index (χ0n) is 13.7. The fourth-order valence-corrected chi connectivity index (χ4v) is 1.62. The fraction of sp³-hybridized carbons (Fsp3) is 0.600. The number of guanidine groups is 1. The van der Waals surface area contributed by atoms with Crippen LogP contribution in [-0.2, 0) is 6.54 Å². The predicted molar refractivity (Wildman–Crippen MR) is 102 cm³/mol. The van der Waals surface area contributed by atoms with E-state index in [0.717, 1.165) is 30.4 Å². The molecule has 0 spiro atoms. The summed E-state index contributed by atoms with van der Waals surface area (Å²) >= 11 is 0. The normalized spacial score (nSPS) is 12.3. The predicted octanol–water partition coefficient (Wildman–Crippen LogP) is 2.62. The van der Waals surface area contributed by atoms with Gasteiger partial charge in [-0.1, -0.05) is 13.0 Å². The highest BCUT2D eigenvalue weighted by Crippen LogP contribution is 2.08. The van der Waals surface area contributed by atoms with Crippen molar-refractivity contribution in [2.75, 3.05) is 25.5 Å². The van der Waals surface area contributed by atoms with Gasteiger partial charge in [-0.2, -0.15) is 0 Å². The minimum absolute atomic E-state index is 0. The van der Waals surface area contributed by atoms with Gasteiger partial charge in [0.1, 0.15) is 5.82 Å². The van der Waals surface area contributed by atoms with Gasteiger partial charge in [0.15, 0.2) is 5.96 Å². The lowest BCUT2D eigenvalue weighted by molar-refractivity contribution is 0.624. The van der Waals surface area contributed by atoms with Gasteiger partial charge in [0.2, 0.25) is 0 Å². The third kappa shape index (κ3) is 7.50. The van der Waals surface area contributed by atoms with E-state index in [1.807, 2.05) is 37.2 Å². The van der Waals surface area contributed by atoms with Crippen molar-refractivity contribution in [1.82, 2.24) is 15.6 Å². The topological polar surface area (TPSA) is 52.6 Å². The summed E-state index contributed by atoms with van der Waals surface area (Å²) < 4.78 is 0. The van der Waals surface area contributed by atoms with Crippen LogP contribution in [0.3, 0.4) is 0 Å². The molecule has 1 atom stereocenters. The molecule has 1 heterocycles. The number of hydrogen-bond donors (Lipinski definition) is 2. The Labute approximate surface area is 145 Å². The smallest absolute Gasteiger partial charge is 0.191 e. The molecule has 1 unspecified atom stereocenters. The Bertz CT molecular complexity index is 434. The summed E-state index contributed by atoms with van der Waals surface area (Å²) in [6.45, 7) is 7.81. The Morgan fingerprint density at radius 2 is 2.05 bits per heavy atom. The van der Waals surface area contributed by atoms with E-state index in [1.54, 1.807) is 0 Å². The second-order valence-corrected chi connectivity index (χ2v) is 5.03. The molecule has 0 radical (unpaired) electrons. The lowest BCUT2D eigenvalue weighted by Crippen LogP contribution is -2.41. The molecule has 120 valence electrons. The Morgan fingerprint density at radius 1 is 1.33 bits per heavy atom. The lowest BCUT2D eigenvalue weighted by atomic mass is 10.3. The molecule has 0 saturated heterocycles. The van der Waals surface area contributed by atoms with E-state index in [9.17, 15) is 0 Å². The number of hydrogen-bond acceptors (Lipinski definition) is 3. The van der Waals surface area contributed by atoms with Crippen LogP contribution in [0, 0.1) is 0 Å². The van der Waals surface area contributed by atoms with Gasteiger partial charge >= 0.3 is 0 Å². The minimum atomic E-state index is 0. The van der Waals surface area contributed by atoms with Crippen LogP contribution in [0.1, 0.15) is 32.9 Å². The molecule has 21 heavy (non-hydrogen) atoms. The van der Waals surface area contributed by atoms with Crippen LogP contribution in [-0.4, -0.2) is 37.6 Å². The van der Waals surface area contributed by atoms with E-state index in [-0.39, 0.29) is 24.0 Å². The van der Waals surface area contributed by atoms with Gasteiger partial charge in [0, 0.05) is 26.7 Å². The molecule has 0 bridgehead atoms. The SMILES string of the molecule is CCNC(=NCc1cccc(N(C)C)n1)NC(C)CC.I. The highest BCUT2D eigenvalue weighted by atomic mass is 127. The molecule has 0 aliphatic rings. The zero-order valence-corrected chi connectivity index (χ0v) is 16.0. The Hall–Kier alpha value is -1.05. The Morgan fingerprint density at radius 3 is 2.62 bits per heavy atom. The molecule has 0 amide bonds. The quantitative estimate of drug-likeness (QED) is 0.434. The van der Waals surface area contributed by atoms with Crippen LogP contribution in [0.4, 0.5) is 5.82 Å². The molecule has 0 aliphatic carbocycles. The standard InChI is InChI=1S/C15H27N5.HI/c1-6-12(3)18-15(16-7-2)17-11-13-9-8-10-14(19-13)20(4)5;/h8-10,12H,6-7,11H2,1-5H3,(H2,16,17,18);1H. The first-order valence-electron chi connectivity index (χ1n) is 7.24. The van der Waals surface area contributed by atoms with Crippen molar-refractivity contribution in [1.29, 1.82) is 0 Å². The second kappa shape index (κ2) is 10.6. The number of aromatic nitrogens is 1. The van der Waals surface area contributed by atoms with E-state index in [4.69, 9.17) is 0 Å². The van der Waals surface area contributed by atoms with Crippen molar-refractivity contribution in [2.24, 2.45) is 4.99 Å². The van der Waals surface area contributed by atoms with Crippen molar-refractivity contribution in [2.45, 2.75) is 39.8 Å². The van der Waals surface area contributed by atoms with Crippen molar-refractivity contribution >= 4 is 35.8 Å². The van der Waals surface area contributed by atoms with Crippen LogP contribution in [0.25, 0.3) is 0 Å². The summed E-state index contributed by atoms with van der Waals surface area (Å²) in [7, 11) is 3.98. The Balaban J connectivity index is 0.00000400. The van der Waals surface area contributed by atoms with Crippen LogP contribution in [0.15, 0.2) is 23.2 Å². The van der Waals surface area contributed by atoms with Crippen LogP contribution >= 0.6 is 24.0 Å². The first kappa shape index (κ1) is 19.9. The van der Waals surface area contributed by atoms with Gasteiger partial charge in [-0.3, -0.25) is 0 Å². The number of anilines is 1. The van der Waals surface area contributed by atoms with Crippen LogP contribution in [0.2, 0.25) is 0 Å². The second-order valence-electron chi connectivity index (χ2n) is 5.03. The first-order valence-corrected chi connectivity index (χ1v) is 7.24. The molecule has 5 nitrogen and oxygen atoms in total. The average molecular weight is 405 g/mol. The summed E-state index contributed by atoms with van der Waals surface area (Å²) in [5.41, 5.74) is 0.970. The fourth-order valence-electron chi connectivity index (χ4n) is 1.62. The van der Waals surface area contributed by atoms with Crippen LogP contribution in [0.5, 0.6) is 0 Å². The largest absolute Gasteiger partial charge is 0.363 e. The molecular formula is C15H28IN5.